The zero-order valence-electron chi connectivity index (χ0n) is 10.3. The largest absolute Gasteiger partial charge is 0.271 e. The summed E-state index contributed by atoms with van der Waals surface area (Å²) in [5.41, 5.74) is 4.58. The average Bonchev–Trinajstić information content (AvgIpc) is 2.38. The zero-order valence-corrected chi connectivity index (χ0v) is 11.8. The number of nitrogens with two attached hydrogens (primary N) is 1. The van der Waals surface area contributed by atoms with Crippen molar-refractivity contribution in [1.82, 2.24) is 5.43 Å². The Kier molecular flexibility index (Phi) is 4.29. The van der Waals surface area contributed by atoms with Gasteiger partial charge in [-0.3, -0.25) is 5.84 Å². The second-order valence-corrected chi connectivity index (χ2v) is 5.13. The number of hydrogen-bond donors (Lipinski definition) is 2. The van der Waals surface area contributed by atoms with E-state index >= 15 is 0 Å². The molecule has 2 aromatic rings. The van der Waals surface area contributed by atoms with Gasteiger partial charge in [-0.1, -0.05) is 28.1 Å². The Hall–Kier alpha value is -1.30. The van der Waals surface area contributed by atoms with E-state index in [9.17, 15) is 8.78 Å². The predicted molar refractivity (Wildman–Crippen MR) is 74.4 cm³/mol. The summed E-state index contributed by atoms with van der Waals surface area (Å²) < 4.78 is 27.4. The second-order valence-electron chi connectivity index (χ2n) is 4.27. The van der Waals surface area contributed by atoms with Crippen molar-refractivity contribution < 1.29 is 8.78 Å². The molecule has 2 nitrogen and oxygen atoms in total. The minimum absolute atomic E-state index is 0.280. The summed E-state index contributed by atoms with van der Waals surface area (Å²) in [5, 5.41) is 0. The summed E-state index contributed by atoms with van der Waals surface area (Å²) in [4.78, 5) is 0. The first-order valence-electron chi connectivity index (χ1n) is 5.70. The van der Waals surface area contributed by atoms with Crippen molar-refractivity contribution in [2.75, 3.05) is 0 Å². The molecule has 3 N–H and O–H groups in total. The minimum atomic E-state index is -0.413. The van der Waals surface area contributed by atoms with Crippen LogP contribution in [0, 0.1) is 18.6 Å². The molecule has 0 aromatic heterocycles. The van der Waals surface area contributed by atoms with E-state index in [0.717, 1.165) is 10.0 Å². The number of rotatable bonds is 3. The first-order valence-corrected chi connectivity index (χ1v) is 6.49. The highest BCUT2D eigenvalue weighted by Crippen LogP contribution is 2.29. The van der Waals surface area contributed by atoms with Crippen LogP contribution in [0.1, 0.15) is 22.7 Å². The molecule has 2 aromatic carbocycles. The van der Waals surface area contributed by atoms with Gasteiger partial charge in [-0.2, -0.15) is 0 Å². The normalized spacial score (nSPS) is 12.5. The number of hydrazine groups is 1. The highest BCUT2D eigenvalue weighted by molar-refractivity contribution is 9.10. The van der Waals surface area contributed by atoms with Crippen molar-refractivity contribution in [3.8, 4) is 0 Å². The molecule has 5 heteroatoms. The van der Waals surface area contributed by atoms with E-state index in [1.54, 1.807) is 25.1 Å². The van der Waals surface area contributed by atoms with Crippen molar-refractivity contribution in [2.45, 2.75) is 13.0 Å². The Balaban J connectivity index is 2.49. The Labute approximate surface area is 118 Å². The van der Waals surface area contributed by atoms with Gasteiger partial charge in [0.15, 0.2) is 0 Å². The van der Waals surface area contributed by atoms with E-state index in [2.05, 4.69) is 21.4 Å². The molecule has 0 spiro atoms. The molecule has 0 bridgehead atoms. The van der Waals surface area contributed by atoms with Gasteiger partial charge in [-0.15, -0.1) is 0 Å². The van der Waals surface area contributed by atoms with Crippen LogP contribution < -0.4 is 11.3 Å². The number of aryl methyl sites for hydroxylation is 1. The summed E-state index contributed by atoms with van der Waals surface area (Å²) in [6, 6.07) is 8.66. The van der Waals surface area contributed by atoms with Gasteiger partial charge in [0.1, 0.15) is 11.6 Å². The monoisotopic (exact) mass is 326 g/mol. The third-order valence-corrected chi connectivity index (χ3v) is 3.67. The molecule has 0 radical (unpaired) electrons. The van der Waals surface area contributed by atoms with Crippen LogP contribution in [0.5, 0.6) is 0 Å². The van der Waals surface area contributed by atoms with Crippen LogP contribution in [0.2, 0.25) is 0 Å². The van der Waals surface area contributed by atoms with Crippen molar-refractivity contribution in [1.29, 1.82) is 0 Å². The topological polar surface area (TPSA) is 38.0 Å². The molecule has 100 valence electrons. The van der Waals surface area contributed by atoms with Crippen LogP contribution in [0.15, 0.2) is 40.9 Å². The van der Waals surface area contributed by atoms with E-state index in [1.807, 2.05) is 0 Å². The van der Waals surface area contributed by atoms with Gasteiger partial charge >= 0.3 is 0 Å². The average molecular weight is 327 g/mol. The van der Waals surface area contributed by atoms with E-state index in [1.165, 1.54) is 18.2 Å². The number of nitrogens with one attached hydrogen (secondary N) is 1. The third-order valence-electron chi connectivity index (χ3n) is 2.95. The molecule has 0 saturated heterocycles. The summed E-state index contributed by atoms with van der Waals surface area (Å²) in [6.45, 7) is 1.67. The van der Waals surface area contributed by atoms with Gasteiger partial charge in [0, 0.05) is 4.47 Å². The van der Waals surface area contributed by atoms with Crippen LogP contribution in [-0.4, -0.2) is 0 Å². The highest BCUT2D eigenvalue weighted by atomic mass is 79.9. The molecule has 0 fully saturated rings. The fourth-order valence-corrected chi connectivity index (χ4v) is 2.42. The molecule has 0 aliphatic rings. The lowest BCUT2D eigenvalue weighted by Crippen LogP contribution is -2.29. The van der Waals surface area contributed by atoms with Gasteiger partial charge < -0.3 is 0 Å². The molecule has 1 unspecified atom stereocenters. The van der Waals surface area contributed by atoms with E-state index < -0.39 is 6.04 Å². The van der Waals surface area contributed by atoms with Crippen LogP contribution in [-0.2, 0) is 0 Å². The van der Waals surface area contributed by atoms with E-state index in [0.29, 0.717) is 11.1 Å². The zero-order chi connectivity index (χ0) is 14.0. The van der Waals surface area contributed by atoms with Crippen molar-refractivity contribution in [3.63, 3.8) is 0 Å². The first kappa shape index (κ1) is 14.1. The van der Waals surface area contributed by atoms with E-state index in [-0.39, 0.29) is 11.6 Å². The maximum Gasteiger partial charge on any atom is 0.126 e. The molecule has 1 atom stereocenters. The first-order chi connectivity index (χ1) is 9.02. The molecule has 0 aliphatic heterocycles. The van der Waals surface area contributed by atoms with Gasteiger partial charge in [0.05, 0.1) is 6.04 Å². The predicted octanol–water partition coefficient (Wildman–Crippen LogP) is 3.59. The molecular weight excluding hydrogens is 314 g/mol. The fraction of sp³-hybridized carbons (Fsp3) is 0.143. The van der Waals surface area contributed by atoms with Crippen LogP contribution >= 0.6 is 15.9 Å². The van der Waals surface area contributed by atoms with Crippen molar-refractivity contribution in [2.24, 2.45) is 5.84 Å². The molecular formula is C14H13BrF2N2. The summed E-state index contributed by atoms with van der Waals surface area (Å²) in [7, 11) is 0. The van der Waals surface area contributed by atoms with Gasteiger partial charge in [-0.25, -0.2) is 14.2 Å². The van der Waals surface area contributed by atoms with Crippen LogP contribution in [0.3, 0.4) is 0 Å². The number of halogens is 3. The van der Waals surface area contributed by atoms with Crippen LogP contribution in [0.4, 0.5) is 8.78 Å². The number of benzene rings is 2. The minimum Gasteiger partial charge on any atom is -0.271 e. The smallest absolute Gasteiger partial charge is 0.126 e. The maximum atomic E-state index is 13.4. The lowest BCUT2D eigenvalue weighted by Gasteiger charge is -2.19. The van der Waals surface area contributed by atoms with Gasteiger partial charge in [0.25, 0.3) is 0 Å². The quantitative estimate of drug-likeness (QED) is 0.668. The Morgan fingerprint density at radius 3 is 2.53 bits per heavy atom. The molecule has 0 saturated carbocycles. The van der Waals surface area contributed by atoms with Gasteiger partial charge in [-0.05, 0) is 47.9 Å². The van der Waals surface area contributed by atoms with E-state index in [4.69, 9.17) is 5.84 Å². The van der Waals surface area contributed by atoms with Crippen molar-refractivity contribution >= 4 is 15.9 Å². The molecule has 2 rings (SSSR count). The molecule has 0 aliphatic carbocycles. The summed E-state index contributed by atoms with van der Waals surface area (Å²) in [6.07, 6.45) is 0. The lowest BCUT2D eigenvalue weighted by molar-refractivity contribution is 0.596. The third kappa shape index (κ3) is 3.00. The fourth-order valence-electron chi connectivity index (χ4n) is 1.95. The standard InChI is InChI=1S/C14H13BrF2N2/c1-8-6-9(2-5-13(8)17)14(19-18)11-7-10(16)3-4-12(11)15/h2-7,14,19H,18H2,1H3. The summed E-state index contributed by atoms with van der Waals surface area (Å²) in [5.74, 6) is 4.93. The maximum absolute atomic E-state index is 13.4. The molecule has 19 heavy (non-hydrogen) atoms. The van der Waals surface area contributed by atoms with Crippen molar-refractivity contribution in [3.05, 3.63) is 69.2 Å². The van der Waals surface area contributed by atoms with Gasteiger partial charge in [0.2, 0.25) is 0 Å². The molecule has 0 heterocycles. The Bertz CT molecular complexity index is 602. The molecule has 0 amide bonds. The Morgan fingerprint density at radius 2 is 1.89 bits per heavy atom. The highest BCUT2D eigenvalue weighted by Gasteiger charge is 2.17. The number of hydrogen-bond acceptors (Lipinski definition) is 2. The summed E-state index contributed by atoms with van der Waals surface area (Å²) >= 11 is 3.37. The van der Waals surface area contributed by atoms with Crippen LogP contribution in [0.25, 0.3) is 0 Å². The second kappa shape index (κ2) is 5.77. The Morgan fingerprint density at radius 1 is 1.16 bits per heavy atom. The lowest BCUT2D eigenvalue weighted by atomic mass is 9.97. The SMILES string of the molecule is Cc1cc(C(NN)c2cc(F)ccc2Br)ccc1F.